The van der Waals surface area contributed by atoms with Gasteiger partial charge in [0.25, 0.3) is 0 Å². The number of nitrogens with zero attached hydrogens (tertiary/aromatic N) is 2. The number of halogens is 1. The first-order chi connectivity index (χ1) is 9.95. The summed E-state index contributed by atoms with van der Waals surface area (Å²) in [7, 11) is 1.64. The molecule has 2 rings (SSSR count). The number of likely N-dealkylation sites (N-methyl/N-ethyl adjacent to an activating group) is 1. The number of rotatable bonds is 4. The summed E-state index contributed by atoms with van der Waals surface area (Å²) in [5.74, 6) is -0.626. The van der Waals surface area contributed by atoms with Crippen molar-refractivity contribution < 1.29 is 14.7 Å². The molecule has 1 aromatic carbocycles. The first-order valence-corrected chi connectivity index (χ1v) is 7.26. The van der Waals surface area contributed by atoms with E-state index >= 15 is 0 Å². The minimum Gasteiger partial charge on any atom is -0.394 e. The number of anilines is 1. The highest BCUT2D eigenvalue weighted by molar-refractivity contribution is 6.33. The summed E-state index contributed by atoms with van der Waals surface area (Å²) in [4.78, 5) is 27.6. The van der Waals surface area contributed by atoms with Gasteiger partial charge in [-0.2, -0.15) is 0 Å². The van der Waals surface area contributed by atoms with Crippen LogP contribution in [0.15, 0.2) is 24.3 Å². The van der Waals surface area contributed by atoms with Crippen molar-refractivity contribution in [2.75, 3.05) is 25.1 Å². The van der Waals surface area contributed by atoms with E-state index in [1.54, 1.807) is 37.1 Å². The molecule has 0 saturated carbocycles. The third-order valence-electron chi connectivity index (χ3n) is 3.89. The lowest BCUT2D eigenvalue weighted by Crippen LogP contribution is -2.41. The van der Waals surface area contributed by atoms with Crippen LogP contribution in [0.25, 0.3) is 0 Å². The van der Waals surface area contributed by atoms with E-state index in [0.29, 0.717) is 17.3 Å². The topological polar surface area (TPSA) is 60.9 Å². The van der Waals surface area contributed by atoms with Crippen molar-refractivity contribution in [1.29, 1.82) is 0 Å². The number of carbonyl (C=O) groups is 2. The van der Waals surface area contributed by atoms with Crippen LogP contribution in [0.3, 0.4) is 0 Å². The van der Waals surface area contributed by atoms with Crippen LogP contribution in [0.4, 0.5) is 5.69 Å². The molecule has 2 amide bonds. The summed E-state index contributed by atoms with van der Waals surface area (Å²) in [6.45, 7) is 1.99. The van der Waals surface area contributed by atoms with Crippen molar-refractivity contribution in [1.82, 2.24) is 4.90 Å². The predicted molar refractivity (Wildman–Crippen MR) is 81.2 cm³/mol. The Kier molecular flexibility index (Phi) is 4.85. The predicted octanol–water partition coefficient (Wildman–Crippen LogP) is 1.53. The highest BCUT2D eigenvalue weighted by Gasteiger charge is 2.37. The van der Waals surface area contributed by atoms with Crippen LogP contribution in [-0.2, 0) is 9.59 Å². The van der Waals surface area contributed by atoms with E-state index in [-0.39, 0.29) is 30.9 Å². The lowest BCUT2D eigenvalue weighted by atomic mass is 10.1. The number of carbonyl (C=O) groups excluding carboxylic acids is 2. The zero-order valence-corrected chi connectivity index (χ0v) is 12.9. The smallest absolute Gasteiger partial charge is 0.228 e. The second kappa shape index (κ2) is 6.45. The first kappa shape index (κ1) is 15.8. The molecule has 1 aliphatic rings. The quantitative estimate of drug-likeness (QED) is 0.917. The van der Waals surface area contributed by atoms with E-state index in [9.17, 15) is 9.59 Å². The highest BCUT2D eigenvalue weighted by atomic mass is 35.5. The van der Waals surface area contributed by atoms with Gasteiger partial charge in [0.05, 0.1) is 29.3 Å². The number of aliphatic hydroxyl groups excluding tert-OH is 1. The van der Waals surface area contributed by atoms with Crippen molar-refractivity contribution in [2.24, 2.45) is 5.92 Å². The number of hydrogen-bond acceptors (Lipinski definition) is 3. The van der Waals surface area contributed by atoms with Crippen LogP contribution in [0, 0.1) is 5.92 Å². The van der Waals surface area contributed by atoms with Crippen molar-refractivity contribution in [3.8, 4) is 0 Å². The number of para-hydroxylation sites is 1. The maximum Gasteiger partial charge on any atom is 0.228 e. The molecule has 0 radical (unpaired) electrons. The molecule has 5 nitrogen and oxygen atoms in total. The molecule has 1 saturated heterocycles. The Morgan fingerprint density at radius 2 is 2.19 bits per heavy atom. The maximum atomic E-state index is 12.4. The van der Waals surface area contributed by atoms with Gasteiger partial charge in [-0.3, -0.25) is 9.59 Å². The summed E-state index contributed by atoms with van der Waals surface area (Å²) < 4.78 is 0. The van der Waals surface area contributed by atoms with Gasteiger partial charge < -0.3 is 14.9 Å². The third kappa shape index (κ3) is 3.19. The number of aliphatic hydroxyl groups is 1. The third-order valence-corrected chi connectivity index (χ3v) is 4.21. The Bertz CT molecular complexity index is 549. The van der Waals surface area contributed by atoms with Gasteiger partial charge in [0, 0.05) is 20.0 Å². The van der Waals surface area contributed by atoms with E-state index in [1.165, 1.54) is 4.90 Å². The molecule has 1 aliphatic heterocycles. The fourth-order valence-corrected chi connectivity index (χ4v) is 2.64. The molecule has 114 valence electrons. The van der Waals surface area contributed by atoms with Crippen LogP contribution in [-0.4, -0.2) is 48.1 Å². The highest BCUT2D eigenvalue weighted by Crippen LogP contribution is 2.31. The van der Waals surface area contributed by atoms with Crippen LogP contribution < -0.4 is 4.90 Å². The van der Waals surface area contributed by atoms with E-state index in [0.717, 1.165) is 0 Å². The molecular formula is C15H19ClN2O3. The van der Waals surface area contributed by atoms with Crippen molar-refractivity contribution >= 4 is 29.1 Å². The molecule has 0 aromatic heterocycles. The summed E-state index contributed by atoms with van der Waals surface area (Å²) in [5.41, 5.74) is 0.636. The average Bonchev–Trinajstić information content (AvgIpc) is 2.87. The summed E-state index contributed by atoms with van der Waals surface area (Å²) in [5, 5.41) is 9.62. The van der Waals surface area contributed by atoms with Gasteiger partial charge in [-0.15, -0.1) is 0 Å². The molecule has 6 heteroatoms. The van der Waals surface area contributed by atoms with Crippen LogP contribution >= 0.6 is 11.6 Å². The minimum absolute atomic E-state index is 0.100. The average molecular weight is 311 g/mol. The zero-order valence-electron chi connectivity index (χ0n) is 12.1. The monoisotopic (exact) mass is 310 g/mol. The molecular weight excluding hydrogens is 292 g/mol. The zero-order chi connectivity index (χ0) is 15.6. The second-order valence-corrected chi connectivity index (χ2v) is 5.74. The molecule has 1 fully saturated rings. The van der Waals surface area contributed by atoms with Gasteiger partial charge in [-0.05, 0) is 19.1 Å². The summed E-state index contributed by atoms with van der Waals surface area (Å²) >= 11 is 6.11. The lowest BCUT2D eigenvalue weighted by Gasteiger charge is -2.26. The molecule has 2 atom stereocenters. The summed E-state index contributed by atoms with van der Waals surface area (Å²) in [6, 6.07) is 6.84. The fraction of sp³-hybridized carbons (Fsp3) is 0.467. The van der Waals surface area contributed by atoms with Gasteiger partial charge >= 0.3 is 0 Å². The second-order valence-electron chi connectivity index (χ2n) is 5.34. The molecule has 1 N–H and O–H groups in total. The molecule has 21 heavy (non-hydrogen) atoms. The Balaban J connectivity index is 2.13. The van der Waals surface area contributed by atoms with Crippen LogP contribution in [0.2, 0.25) is 5.02 Å². The van der Waals surface area contributed by atoms with E-state index < -0.39 is 5.92 Å². The molecule has 0 spiro atoms. The van der Waals surface area contributed by atoms with Gasteiger partial charge in [-0.25, -0.2) is 0 Å². The molecule has 1 heterocycles. The van der Waals surface area contributed by atoms with Gasteiger partial charge in [-0.1, -0.05) is 23.7 Å². The Morgan fingerprint density at radius 1 is 1.52 bits per heavy atom. The van der Waals surface area contributed by atoms with Crippen LogP contribution in [0.5, 0.6) is 0 Å². The number of hydrogen-bond donors (Lipinski definition) is 1. The number of amides is 2. The molecule has 0 aliphatic carbocycles. The van der Waals surface area contributed by atoms with Crippen LogP contribution in [0.1, 0.15) is 13.3 Å². The molecule has 1 aromatic rings. The standard InChI is InChI=1S/C15H19ClN2O3/c1-10(9-19)17(2)15(21)11-7-14(20)18(8-11)13-6-4-3-5-12(13)16/h3-6,10-11,19H,7-9H2,1-2H3. The Labute approximate surface area is 129 Å². The normalized spacial score (nSPS) is 19.7. The molecule has 0 bridgehead atoms. The summed E-state index contributed by atoms with van der Waals surface area (Å²) in [6.07, 6.45) is 0.173. The molecule has 2 unspecified atom stereocenters. The SMILES string of the molecule is CC(CO)N(C)C(=O)C1CC(=O)N(c2ccccc2Cl)C1. The van der Waals surface area contributed by atoms with Gasteiger partial charge in [0.1, 0.15) is 0 Å². The lowest BCUT2D eigenvalue weighted by molar-refractivity contribution is -0.137. The Hall–Kier alpha value is -1.59. The fourth-order valence-electron chi connectivity index (χ4n) is 2.40. The number of benzene rings is 1. The van der Waals surface area contributed by atoms with E-state index in [4.69, 9.17) is 16.7 Å². The van der Waals surface area contributed by atoms with Gasteiger partial charge in [0.15, 0.2) is 0 Å². The van der Waals surface area contributed by atoms with Crippen molar-refractivity contribution in [3.63, 3.8) is 0 Å². The van der Waals surface area contributed by atoms with Crippen molar-refractivity contribution in [3.05, 3.63) is 29.3 Å². The maximum absolute atomic E-state index is 12.4. The van der Waals surface area contributed by atoms with Crippen molar-refractivity contribution in [2.45, 2.75) is 19.4 Å². The van der Waals surface area contributed by atoms with E-state index in [1.807, 2.05) is 6.07 Å². The van der Waals surface area contributed by atoms with Gasteiger partial charge in [0.2, 0.25) is 11.8 Å². The minimum atomic E-state index is -0.396. The first-order valence-electron chi connectivity index (χ1n) is 6.88. The largest absolute Gasteiger partial charge is 0.394 e. The van der Waals surface area contributed by atoms with E-state index in [2.05, 4.69) is 0 Å². The Morgan fingerprint density at radius 3 is 2.81 bits per heavy atom.